The Hall–Kier alpha value is -3.99. The van der Waals surface area contributed by atoms with Crippen LogP contribution in [-0.4, -0.2) is 79.1 Å². The molecule has 0 spiro atoms. The molecule has 1 fully saturated rings. The molecular weight excluding hydrogens is 514 g/mol. The molecule has 208 valence electrons. The second-order valence-electron chi connectivity index (χ2n) is 9.50. The highest BCUT2D eigenvalue weighted by molar-refractivity contribution is 5.82. The number of ether oxygens (including phenoxy) is 3. The van der Waals surface area contributed by atoms with Gasteiger partial charge in [-0.15, -0.1) is 6.58 Å². The largest absolute Gasteiger partial charge is 0.467 e. The zero-order valence-corrected chi connectivity index (χ0v) is 21.3. The molecule has 39 heavy (non-hydrogen) atoms. The minimum atomic E-state index is -3.17. The maximum atomic E-state index is 13.7. The number of alkyl halides is 2. The summed E-state index contributed by atoms with van der Waals surface area (Å²) in [6.45, 7) is 2.04. The Bertz CT molecular complexity index is 1190. The SMILES string of the molecule is C=CCC(OC(=O)N[C@@H](COC[C@@H]1CC(F)(F)CN1C(=O)O)C(=O)OC)C1c2ccccc2-c2ccccc21. The van der Waals surface area contributed by atoms with E-state index < -0.39 is 61.8 Å². The number of carboxylic acid groups (broad SMARTS) is 1. The van der Waals surface area contributed by atoms with Gasteiger partial charge >= 0.3 is 18.2 Å². The Kier molecular flexibility index (Phi) is 8.49. The summed E-state index contributed by atoms with van der Waals surface area (Å²) in [4.78, 5) is 37.2. The number of methoxy groups -OCH3 is 1. The summed E-state index contributed by atoms with van der Waals surface area (Å²) < 4.78 is 43.4. The molecule has 1 aliphatic carbocycles. The minimum Gasteiger partial charge on any atom is -0.467 e. The zero-order valence-electron chi connectivity index (χ0n) is 21.3. The van der Waals surface area contributed by atoms with Gasteiger partial charge in [0.05, 0.1) is 32.9 Å². The van der Waals surface area contributed by atoms with Crippen molar-refractivity contribution in [2.45, 2.75) is 42.9 Å². The number of hydrogen-bond donors (Lipinski definition) is 2. The third-order valence-corrected chi connectivity index (χ3v) is 6.91. The average molecular weight is 545 g/mol. The predicted molar refractivity (Wildman–Crippen MR) is 137 cm³/mol. The molecule has 2 aliphatic rings. The number of carbonyl (C=O) groups is 3. The van der Waals surface area contributed by atoms with Crippen LogP contribution in [0.15, 0.2) is 61.2 Å². The van der Waals surface area contributed by atoms with Gasteiger partial charge in [-0.1, -0.05) is 54.6 Å². The lowest BCUT2D eigenvalue weighted by Crippen LogP contribution is -2.47. The summed E-state index contributed by atoms with van der Waals surface area (Å²) in [5.41, 5.74) is 4.10. The molecule has 2 aromatic carbocycles. The highest BCUT2D eigenvalue weighted by Gasteiger charge is 2.47. The fraction of sp³-hybridized carbons (Fsp3) is 0.393. The van der Waals surface area contributed by atoms with Crippen molar-refractivity contribution in [2.75, 3.05) is 26.9 Å². The van der Waals surface area contributed by atoms with Gasteiger partial charge in [0, 0.05) is 18.8 Å². The van der Waals surface area contributed by atoms with Gasteiger partial charge in [-0.3, -0.25) is 4.90 Å². The van der Waals surface area contributed by atoms with Gasteiger partial charge in [-0.05, 0) is 22.3 Å². The summed E-state index contributed by atoms with van der Waals surface area (Å²) >= 11 is 0. The van der Waals surface area contributed by atoms with Gasteiger partial charge in [-0.2, -0.15) is 0 Å². The van der Waals surface area contributed by atoms with Crippen molar-refractivity contribution in [3.63, 3.8) is 0 Å². The van der Waals surface area contributed by atoms with Crippen LogP contribution in [0.4, 0.5) is 18.4 Å². The van der Waals surface area contributed by atoms with Crippen LogP contribution in [0.3, 0.4) is 0 Å². The molecule has 9 nitrogen and oxygen atoms in total. The number of benzene rings is 2. The van der Waals surface area contributed by atoms with E-state index in [1.54, 1.807) is 6.08 Å². The van der Waals surface area contributed by atoms with E-state index in [2.05, 4.69) is 11.9 Å². The third-order valence-electron chi connectivity index (χ3n) is 6.91. The van der Waals surface area contributed by atoms with Gasteiger partial charge in [0.25, 0.3) is 5.92 Å². The number of nitrogens with one attached hydrogen (secondary N) is 1. The Balaban J connectivity index is 1.43. The molecule has 0 saturated carbocycles. The van der Waals surface area contributed by atoms with Crippen LogP contribution in [0.1, 0.15) is 29.9 Å². The number of rotatable bonds is 10. The summed E-state index contributed by atoms with van der Waals surface area (Å²) in [5, 5.41) is 11.6. The molecular formula is C28H30F2N2O7. The molecule has 1 saturated heterocycles. The summed E-state index contributed by atoms with van der Waals surface area (Å²) in [5.74, 6) is -4.27. The lowest BCUT2D eigenvalue weighted by atomic mass is 9.89. The third kappa shape index (κ3) is 6.19. The van der Waals surface area contributed by atoms with Crippen molar-refractivity contribution in [3.8, 4) is 11.1 Å². The molecule has 2 aromatic rings. The van der Waals surface area contributed by atoms with Crippen molar-refractivity contribution in [2.24, 2.45) is 0 Å². The van der Waals surface area contributed by atoms with Crippen LogP contribution >= 0.6 is 0 Å². The number of hydrogen-bond acceptors (Lipinski definition) is 6. The molecule has 1 aliphatic heterocycles. The molecule has 1 unspecified atom stereocenters. The van der Waals surface area contributed by atoms with E-state index in [4.69, 9.17) is 14.2 Å². The first kappa shape index (κ1) is 28.0. The van der Waals surface area contributed by atoms with Gasteiger partial charge < -0.3 is 24.6 Å². The molecule has 11 heteroatoms. The Morgan fingerprint density at radius 1 is 1.15 bits per heavy atom. The maximum Gasteiger partial charge on any atom is 0.408 e. The van der Waals surface area contributed by atoms with Crippen LogP contribution in [0.5, 0.6) is 0 Å². The predicted octanol–water partition coefficient (Wildman–Crippen LogP) is 4.42. The number of carbonyl (C=O) groups excluding carboxylic acids is 2. The standard InChI is InChI=1S/C28H30F2N2O7/c1-3-8-23(24-20-11-6-4-9-18(20)19-10-5-7-12-21(19)24)39-26(34)31-22(25(33)37-2)15-38-14-17-13-28(29,30)16-32(17)27(35)36/h3-7,9-12,17,22-24H,1,8,13-16H2,2H3,(H,31,34)(H,35,36)/t17-,22-,23?/m0/s1. The first-order valence-electron chi connectivity index (χ1n) is 12.4. The quantitative estimate of drug-likeness (QED) is 0.336. The number of nitrogens with zero attached hydrogens (tertiary/aromatic N) is 1. The second-order valence-corrected chi connectivity index (χ2v) is 9.50. The minimum absolute atomic E-state index is 0.264. The zero-order chi connectivity index (χ0) is 28.2. The maximum absolute atomic E-state index is 13.7. The van der Waals surface area contributed by atoms with E-state index in [9.17, 15) is 28.3 Å². The van der Waals surface area contributed by atoms with Crippen molar-refractivity contribution in [1.29, 1.82) is 0 Å². The van der Waals surface area contributed by atoms with E-state index in [1.807, 2.05) is 48.5 Å². The van der Waals surface area contributed by atoms with E-state index in [0.29, 0.717) is 11.3 Å². The smallest absolute Gasteiger partial charge is 0.408 e. The molecule has 0 bridgehead atoms. The fourth-order valence-corrected chi connectivity index (χ4v) is 5.23. The summed E-state index contributed by atoms with van der Waals surface area (Å²) in [6, 6.07) is 13.3. The number of alkyl carbamates (subject to hydrolysis) is 1. The highest BCUT2D eigenvalue weighted by Crippen LogP contribution is 2.47. The number of fused-ring (bicyclic) bond motifs is 3. The monoisotopic (exact) mass is 544 g/mol. The van der Waals surface area contributed by atoms with Crippen LogP contribution in [0.25, 0.3) is 11.1 Å². The second kappa shape index (κ2) is 11.8. The van der Waals surface area contributed by atoms with E-state index in [0.717, 1.165) is 29.4 Å². The molecule has 4 rings (SSSR count). The number of amides is 2. The summed E-state index contributed by atoms with van der Waals surface area (Å²) in [7, 11) is 1.12. The Labute approximate surface area is 224 Å². The summed E-state index contributed by atoms with van der Waals surface area (Å²) in [6.07, 6.45) is -1.76. The van der Waals surface area contributed by atoms with Crippen LogP contribution < -0.4 is 5.32 Å². The fourth-order valence-electron chi connectivity index (χ4n) is 5.23. The van der Waals surface area contributed by atoms with Crippen molar-refractivity contribution in [3.05, 3.63) is 72.3 Å². The van der Waals surface area contributed by atoms with Crippen molar-refractivity contribution in [1.82, 2.24) is 10.2 Å². The lowest BCUT2D eigenvalue weighted by Gasteiger charge is -2.26. The van der Waals surface area contributed by atoms with Gasteiger partial charge in [-0.25, -0.2) is 23.2 Å². The normalized spacial score (nSPS) is 18.9. The number of esters is 1. The molecule has 0 radical (unpaired) electrons. The highest BCUT2D eigenvalue weighted by atomic mass is 19.3. The van der Waals surface area contributed by atoms with Crippen LogP contribution in [0.2, 0.25) is 0 Å². The lowest BCUT2D eigenvalue weighted by molar-refractivity contribution is -0.144. The molecule has 2 amide bonds. The molecule has 1 heterocycles. The molecule has 2 N–H and O–H groups in total. The van der Waals surface area contributed by atoms with Crippen molar-refractivity contribution < 1.29 is 42.5 Å². The average Bonchev–Trinajstić information content (AvgIpc) is 3.41. The van der Waals surface area contributed by atoms with Gasteiger partial charge in [0.15, 0.2) is 6.04 Å². The Morgan fingerprint density at radius 2 is 1.77 bits per heavy atom. The first-order valence-corrected chi connectivity index (χ1v) is 12.4. The number of halogens is 2. The Morgan fingerprint density at radius 3 is 2.33 bits per heavy atom. The van der Waals surface area contributed by atoms with Crippen LogP contribution in [-0.2, 0) is 19.0 Å². The molecule has 0 aromatic heterocycles. The first-order chi connectivity index (χ1) is 18.6. The van der Waals surface area contributed by atoms with Gasteiger partial charge in [0.1, 0.15) is 6.10 Å². The van der Waals surface area contributed by atoms with E-state index in [1.165, 1.54) is 0 Å². The molecule has 3 atom stereocenters. The van der Waals surface area contributed by atoms with Crippen LogP contribution in [0, 0.1) is 0 Å². The number of likely N-dealkylation sites (tertiary alicyclic amines) is 1. The topological polar surface area (TPSA) is 114 Å². The van der Waals surface area contributed by atoms with E-state index in [-0.39, 0.29) is 12.5 Å². The van der Waals surface area contributed by atoms with Crippen molar-refractivity contribution >= 4 is 18.2 Å². The van der Waals surface area contributed by atoms with Gasteiger partial charge in [0.2, 0.25) is 0 Å². The van der Waals surface area contributed by atoms with E-state index >= 15 is 0 Å².